The summed E-state index contributed by atoms with van der Waals surface area (Å²) in [6.07, 6.45) is 3.57. The largest absolute Gasteiger partial charge is 0.380 e. The van der Waals surface area contributed by atoms with Crippen LogP contribution in [0.2, 0.25) is 0 Å². The van der Waals surface area contributed by atoms with E-state index in [1.165, 1.54) is 0 Å². The molecule has 0 aliphatic rings. The van der Waals surface area contributed by atoms with E-state index < -0.39 is 0 Å². The summed E-state index contributed by atoms with van der Waals surface area (Å²) in [4.78, 5) is 11.8. The first-order valence-electron chi connectivity index (χ1n) is 6.35. The summed E-state index contributed by atoms with van der Waals surface area (Å²) in [5.74, 6) is -0.117. The number of hydrogen-bond acceptors (Lipinski definition) is 4. The van der Waals surface area contributed by atoms with E-state index >= 15 is 0 Å². The number of nitrogens with zero attached hydrogens (tertiary/aromatic N) is 2. The van der Waals surface area contributed by atoms with E-state index in [4.69, 9.17) is 10.5 Å². The first-order chi connectivity index (χ1) is 9.72. The Balaban J connectivity index is 1.95. The van der Waals surface area contributed by atoms with Crippen LogP contribution < -0.4 is 11.1 Å². The third-order valence-corrected chi connectivity index (χ3v) is 2.93. The standard InChI is InChI=1S/C14H18N4O2/c1-20-13(10-15)9-14(19)17-11-3-5-12(6-4-11)18-8-2-7-16-18/h2-8,13H,9-10,15H2,1H3,(H,17,19). The fourth-order valence-electron chi connectivity index (χ4n) is 1.80. The number of nitrogens with one attached hydrogen (secondary N) is 1. The number of anilines is 1. The molecule has 20 heavy (non-hydrogen) atoms. The zero-order chi connectivity index (χ0) is 14.4. The Labute approximate surface area is 117 Å². The van der Waals surface area contributed by atoms with Gasteiger partial charge in [0.15, 0.2) is 0 Å². The van der Waals surface area contributed by atoms with Gasteiger partial charge in [-0.3, -0.25) is 4.79 Å². The maximum Gasteiger partial charge on any atom is 0.227 e. The van der Waals surface area contributed by atoms with Crippen LogP contribution in [0.25, 0.3) is 5.69 Å². The van der Waals surface area contributed by atoms with E-state index in [0.717, 1.165) is 11.4 Å². The molecule has 0 radical (unpaired) electrons. The Morgan fingerprint density at radius 2 is 2.20 bits per heavy atom. The molecule has 2 rings (SSSR count). The zero-order valence-corrected chi connectivity index (χ0v) is 11.3. The molecule has 0 spiro atoms. The third-order valence-electron chi connectivity index (χ3n) is 2.93. The SMILES string of the molecule is COC(CN)CC(=O)Nc1ccc(-n2cccn2)cc1. The number of methoxy groups -OCH3 is 1. The van der Waals surface area contributed by atoms with Crippen molar-refractivity contribution in [1.29, 1.82) is 0 Å². The summed E-state index contributed by atoms with van der Waals surface area (Å²) in [7, 11) is 1.55. The molecule has 1 unspecified atom stereocenters. The van der Waals surface area contributed by atoms with E-state index in [-0.39, 0.29) is 18.4 Å². The van der Waals surface area contributed by atoms with Gasteiger partial charge in [0.2, 0.25) is 5.91 Å². The lowest BCUT2D eigenvalue weighted by Gasteiger charge is -2.12. The molecule has 6 heteroatoms. The van der Waals surface area contributed by atoms with Gasteiger partial charge >= 0.3 is 0 Å². The molecule has 0 aliphatic heterocycles. The monoisotopic (exact) mass is 274 g/mol. The van der Waals surface area contributed by atoms with E-state index in [1.807, 2.05) is 36.5 Å². The molecule has 0 saturated carbocycles. The summed E-state index contributed by atoms with van der Waals surface area (Å²) >= 11 is 0. The number of nitrogens with two attached hydrogens (primary N) is 1. The highest BCUT2D eigenvalue weighted by molar-refractivity contribution is 5.91. The summed E-state index contributed by atoms with van der Waals surface area (Å²) in [6, 6.07) is 9.30. The van der Waals surface area contributed by atoms with Gasteiger partial charge in [0.05, 0.1) is 18.2 Å². The van der Waals surface area contributed by atoms with Crippen molar-refractivity contribution in [3.63, 3.8) is 0 Å². The van der Waals surface area contributed by atoms with Crippen molar-refractivity contribution in [2.75, 3.05) is 19.0 Å². The van der Waals surface area contributed by atoms with Gasteiger partial charge < -0.3 is 15.8 Å². The molecule has 0 aliphatic carbocycles. The maximum absolute atomic E-state index is 11.8. The second-order valence-electron chi connectivity index (χ2n) is 4.34. The molecule has 1 amide bonds. The van der Waals surface area contributed by atoms with Crippen molar-refractivity contribution in [3.8, 4) is 5.69 Å². The molecular formula is C14H18N4O2. The summed E-state index contributed by atoms with van der Waals surface area (Å²) in [6.45, 7) is 0.322. The van der Waals surface area contributed by atoms with Crippen LogP contribution in [0.15, 0.2) is 42.7 Å². The van der Waals surface area contributed by atoms with E-state index in [9.17, 15) is 4.79 Å². The van der Waals surface area contributed by atoms with Crippen molar-refractivity contribution in [3.05, 3.63) is 42.7 Å². The highest BCUT2D eigenvalue weighted by Gasteiger charge is 2.11. The highest BCUT2D eigenvalue weighted by Crippen LogP contribution is 2.13. The van der Waals surface area contributed by atoms with E-state index in [1.54, 1.807) is 18.0 Å². The molecule has 6 nitrogen and oxygen atoms in total. The van der Waals surface area contributed by atoms with E-state index in [2.05, 4.69) is 10.4 Å². The van der Waals surface area contributed by atoms with E-state index in [0.29, 0.717) is 6.54 Å². The molecule has 0 saturated heterocycles. The molecule has 1 heterocycles. The lowest BCUT2D eigenvalue weighted by atomic mass is 10.2. The first kappa shape index (κ1) is 14.2. The molecular weight excluding hydrogens is 256 g/mol. The molecule has 2 aromatic rings. The highest BCUT2D eigenvalue weighted by atomic mass is 16.5. The van der Waals surface area contributed by atoms with Gasteiger partial charge in [-0.1, -0.05) is 0 Å². The molecule has 0 bridgehead atoms. The fourth-order valence-corrected chi connectivity index (χ4v) is 1.80. The minimum absolute atomic E-state index is 0.117. The molecule has 1 aromatic heterocycles. The van der Waals surface area contributed by atoms with Crippen LogP contribution in [0.1, 0.15) is 6.42 Å². The minimum atomic E-state index is -0.252. The number of benzene rings is 1. The Morgan fingerprint density at radius 1 is 1.45 bits per heavy atom. The average molecular weight is 274 g/mol. The Kier molecular flexibility index (Phi) is 4.86. The lowest BCUT2D eigenvalue weighted by Crippen LogP contribution is -2.28. The summed E-state index contributed by atoms with van der Waals surface area (Å²) in [5.41, 5.74) is 7.15. The predicted octanol–water partition coefficient (Wildman–Crippen LogP) is 1.17. The van der Waals surface area contributed by atoms with Crippen molar-refractivity contribution >= 4 is 11.6 Å². The van der Waals surface area contributed by atoms with Crippen LogP contribution in [0.4, 0.5) is 5.69 Å². The molecule has 1 atom stereocenters. The van der Waals surface area contributed by atoms with Gasteiger partial charge in [0.1, 0.15) is 0 Å². The summed E-state index contributed by atoms with van der Waals surface area (Å²) < 4.78 is 6.83. The molecule has 106 valence electrons. The number of hydrogen-bond donors (Lipinski definition) is 2. The van der Waals surface area contributed by atoms with Gasteiger partial charge in [-0.05, 0) is 30.3 Å². The minimum Gasteiger partial charge on any atom is -0.380 e. The van der Waals surface area contributed by atoms with Gasteiger partial charge in [0, 0.05) is 31.7 Å². The second kappa shape index (κ2) is 6.83. The van der Waals surface area contributed by atoms with Crippen LogP contribution in [0.3, 0.4) is 0 Å². The number of amides is 1. The number of ether oxygens (including phenoxy) is 1. The zero-order valence-electron chi connectivity index (χ0n) is 11.3. The average Bonchev–Trinajstić information content (AvgIpc) is 2.99. The van der Waals surface area contributed by atoms with Crippen molar-refractivity contribution < 1.29 is 9.53 Å². The Hall–Kier alpha value is -2.18. The van der Waals surface area contributed by atoms with Crippen LogP contribution in [0.5, 0.6) is 0 Å². The van der Waals surface area contributed by atoms with Crippen LogP contribution in [-0.2, 0) is 9.53 Å². The van der Waals surface area contributed by atoms with Gasteiger partial charge in [0.25, 0.3) is 0 Å². The Morgan fingerprint density at radius 3 is 2.75 bits per heavy atom. The van der Waals surface area contributed by atoms with Crippen LogP contribution in [0, 0.1) is 0 Å². The van der Waals surface area contributed by atoms with Crippen LogP contribution in [-0.4, -0.2) is 35.4 Å². The predicted molar refractivity (Wildman–Crippen MR) is 76.7 cm³/mol. The molecule has 3 N–H and O–H groups in total. The van der Waals surface area contributed by atoms with Crippen LogP contribution >= 0.6 is 0 Å². The van der Waals surface area contributed by atoms with Crippen molar-refractivity contribution in [2.24, 2.45) is 5.73 Å². The van der Waals surface area contributed by atoms with Crippen molar-refractivity contribution in [1.82, 2.24) is 9.78 Å². The molecule has 0 fully saturated rings. The lowest BCUT2D eigenvalue weighted by molar-refractivity contribution is -0.118. The second-order valence-corrected chi connectivity index (χ2v) is 4.34. The molecule has 1 aromatic carbocycles. The normalized spacial score (nSPS) is 12.1. The maximum atomic E-state index is 11.8. The number of carbonyl (C=O) groups excluding carboxylic acids is 1. The van der Waals surface area contributed by atoms with Gasteiger partial charge in [-0.2, -0.15) is 5.10 Å². The quantitative estimate of drug-likeness (QED) is 0.828. The van der Waals surface area contributed by atoms with Gasteiger partial charge in [-0.15, -0.1) is 0 Å². The topological polar surface area (TPSA) is 82.2 Å². The number of aromatic nitrogens is 2. The van der Waals surface area contributed by atoms with Gasteiger partial charge in [-0.25, -0.2) is 4.68 Å². The number of rotatable bonds is 6. The third kappa shape index (κ3) is 3.66. The Bertz CT molecular complexity index is 533. The van der Waals surface area contributed by atoms with Crippen molar-refractivity contribution in [2.45, 2.75) is 12.5 Å². The smallest absolute Gasteiger partial charge is 0.227 e. The number of carbonyl (C=O) groups is 1. The first-order valence-corrected chi connectivity index (χ1v) is 6.35. The fraction of sp³-hybridized carbons (Fsp3) is 0.286. The summed E-state index contributed by atoms with van der Waals surface area (Å²) in [5, 5.41) is 6.95.